The van der Waals surface area contributed by atoms with Crippen molar-refractivity contribution in [1.29, 1.82) is 0 Å². The fourth-order valence-electron chi connectivity index (χ4n) is 1.92. The average Bonchev–Trinajstić information content (AvgIpc) is 2.84. The molecule has 0 bridgehead atoms. The van der Waals surface area contributed by atoms with Crippen LogP contribution >= 0.6 is 0 Å². The second kappa shape index (κ2) is 6.25. The predicted octanol–water partition coefficient (Wildman–Crippen LogP) is 1.62. The summed E-state index contributed by atoms with van der Waals surface area (Å²) < 4.78 is 1.67. The summed E-state index contributed by atoms with van der Waals surface area (Å²) in [5, 5.41) is 18.2. The van der Waals surface area contributed by atoms with Crippen LogP contribution in [0.2, 0.25) is 0 Å². The molecule has 0 amide bonds. The quantitative estimate of drug-likeness (QED) is 0.639. The van der Waals surface area contributed by atoms with Gasteiger partial charge in [0.1, 0.15) is 6.33 Å². The number of hydrogen-bond acceptors (Lipinski definition) is 5. The second-order valence-corrected chi connectivity index (χ2v) is 4.61. The van der Waals surface area contributed by atoms with Gasteiger partial charge in [-0.05, 0) is 12.5 Å². The molecule has 1 aromatic carbocycles. The first-order valence-electron chi connectivity index (χ1n) is 6.38. The van der Waals surface area contributed by atoms with E-state index in [2.05, 4.69) is 15.4 Å². The van der Waals surface area contributed by atoms with Crippen molar-refractivity contribution in [3.8, 4) is 0 Å². The molecule has 1 N–H and O–H groups in total. The van der Waals surface area contributed by atoms with E-state index in [0.717, 1.165) is 17.8 Å². The summed E-state index contributed by atoms with van der Waals surface area (Å²) in [5.74, 6) is 0.784. The summed E-state index contributed by atoms with van der Waals surface area (Å²) >= 11 is 0. The van der Waals surface area contributed by atoms with Gasteiger partial charge in [0.2, 0.25) is 0 Å². The summed E-state index contributed by atoms with van der Waals surface area (Å²) in [4.78, 5) is 14.5. The number of non-ortho nitro benzene ring substituents is 1. The lowest BCUT2D eigenvalue weighted by molar-refractivity contribution is -0.384. The molecule has 0 fully saturated rings. The number of nitro groups is 1. The Morgan fingerprint density at radius 3 is 2.95 bits per heavy atom. The van der Waals surface area contributed by atoms with Gasteiger partial charge in [-0.25, -0.2) is 4.98 Å². The maximum Gasteiger partial charge on any atom is 0.269 e. The highest BCUT2D eigenvalue weighted by molar-refractivity contribution is 5.35. The van der Waals surface area contributed by atoms with Gasteiger partial charge in [-0.1, -0.05) is 12.1 Å². The minimum atomic E-state index is -0.381. The zero-order valence-corrected chi connectivity index (χ0v) is 11.5. The molecule has 20 heavy (non-hydrogen) atoms. The lowest BCUT2D eigenvalue weighted by Crippen LogP contribution is -2.21. The van der Waals surface area contributed by atoms with Crippen LogP contribution in [-0.2, 0) is 13.5 Å². The Morgan fingerprint density at radius 2 is 2.30 bits per heavy atom. The first-order valence-corrected chi connectivity index (χ1v) is 6.38. The highest BCUT2D eigenvalue weighted by Gasteiger charge is 2.10. The summed E-state index contributed by atoms with van der Waals surface area (Å²) in [5.41, 5.74) is 1.01. The van der Waals surface area contributed by atoms with Gasteiger partial charge in [-0.3, -0.25) is 14.8 Å². The van der Waals surface area contributed by atoms with Crippen LogP contribution in [0.5, 0.6) is 0 Å². The Kier molecular flexibility index (Phi) is 4.41. The minimum absolute atomic E-state index is 0.0404. The van der Waals surface area contributed by atoms with Gasteiger partial charge in [0, 0.05) is 38.2 Å². The molecule has 7 heteroatoms. The molecule has 1 atom stereocenters. The maximum absolute atomic E-state index is 10.7. The molecule has 0 saturated heterocycles. The second-order valence-electron chi connectivity index (χ2n) is 4.61. The van der Waals surface area contributed by atoms with Crippen LogP contribution in [0.4, 0.5) is 5.69 Å². The van der Waals surface area contributed by atoms with Crippen LogP contribution in [-0.4, -0.2) is 26.2 Å². The monoisotopic (exact) mass is 275 g/mol. The number of aryl methyl sites for hydroxylation is 1. The molecular weight excluding hydrogens is 258 g/mol. The van der Waals surface area contributed by atoms with E-state index in [1.807, 2.05) is 20.0 Å². The highest BCUT2D eigenvalue weighted by atomic mass is 16.6. The van der Waals surface area contributed by atoms with Crippen LogP contribution in [0.3, 0.4) is 0 Å². The van der Waals surface area contributed by atoms with E-state index in [0.29, 0.717) is 6.54 Å². The van der Waals surface area contributed by atoms with Gasteiger partial charge in [0.25, 0.3) is 5.69 Å². The molecular formula is C13H17N5O2. The molecule has 1 unspecified atom stereocenters. The third kappa shape index (κ3) is 3.61. The van der Waals surface area contributed by atoms with E-state index in [9.17, 15) is 10.1 Å². The maximum atomic E-state index is 10.7. The normalized spacial score (nSPS) is 12.3. The number of benzene rings is 1. The molecule has 7 nitrogen and oxygen atoms in total. The van der Waals surface area contributed by atoms with Gasteiger partial charge in [-0.2, -0.15) is 5.10 Å². The Labute approximate surface area is 116 Å². The lowest BCUT2D eigenvalue weighted by atomic mass is 10.1. The minimum Gasteiger partial charge on any atom is -0.310 e. The van der Waals surface area contributed by atoms with Gasteiger partial charge < -0.3 is 5.32 Å². The van der Waals surface area contributed by atoms with Crippen molar-refractivity contribution in [3.63, 3.8) is 0 Å². The molecule has 0 aliphatic carbocycles. The number of rotatable bonds is 6. The van der Waals surface area contributed by atoms with Crippen molar-refractivity contribution >= 4 is 5.69 Å². The van der Waals surface area contributed by atoms with Crippen LogP contribution in [0, 0.1) is 10.1 Å². The SMILES string of the molecule is CC(NCCc1ncn(C)n1)c1cccc([N+](=O)[O-])c1. The van der Waals surface area contributed by atoms with Crippen LogP contribution in [0.15, 0.2) is 30.6 Å². The third-order valence-corrected chi connectivity index (χ3v) is 3.03. The fourth-order valence-corrected chi connectivity index (χ4v) is 1.92. The summed E-state index contributed by atoms with van der Waals surface area (Å²) in [6.45, 7) is 2.69. The van der Waals surface area contributed by atoms with Gasteiger partial charge in [-0.15, -0.1) is 0 Å². The average molecular weight is 275 g/mol. The van der Waals surface area contributed by atoms with Crippen molar-refractivity contribution in [3.05, 3.63) is 52.1 Å². The molecule has 1 heterocycles. The topological polar surface area (TPSA) is 85.9 Å². The van der Waals surface area contributed by atoms with E-state index < -0.39 is 0 Å². The van der Waals surface area contributed by atoms with Crippen molar-refractivity contribution in [2.75, 3.05) is 6.54 Å². The number of nitrogens with zero attached hydrogens (tertiary/aromatic N) is 4. The van der Waals surface area contributed by atoms with E-state index in [1.54, 1.807) is 23.1 Å². The molecule has 0 saturated carbocycles. The zero-order chi connectivity index (χ0) is 14.5. The summed E-state index contributed by atoms with van der Waals surface area (Å²) in [7, 11) is 1.83. The number of aromatic nitrogens is 3. The van der Waals surface area contributed by atoms with Crippen LogP contribution in [0.25, 0.3) is 0 Å². The Morgan fingerprint density at radius 1 is 1.50 bits per heavy atom. The Bertz CT molecular complexity index is 596. The first kappa shape index (κ1) is 14.1. The summed E-state index contributed by atoms with van der Waals surface area (Å²) in [6, 6.07) is 6.71. The fraction of sp³-hybridized carbons (Fsp3) is 0.385. The molecule has 0 spiro atoms. The van der Waals surface area contributed by atoms with Crippen molar-refractivity contribution < 1.29 is 4.92 Å². The largest absolute Gasteiger partial charge is 0.310 e. The molecule has 2 rings (SSSR count). The van der Waals surface area contributed by atoms with Gasteiger partial charge in [0.15, 0.2) is 5.82 Å². The molecule has 0 radical (unpaired) electrons. The van der Waals surface area contributed by atoms with Crippen molar-refractivity contribution in [1.82, 2.24) is 20.1 Å². The number of nitro benzene ring substituents is 1. The zero-order valence-electron chi connectivity index (χ0n) is 11.5. The lowest BCUT2D eigenvalue weighted by Gasteiger charge is -2.13. The standard InChI is InChI=1S/C13H17N5O2/c1-10(11-4-3-5-12(8-11)18(19)20)14-7-6-13-15-9-17(2)16-13/h3-5,8-10,14H,6-7H2,1-2H3. The Balaban J connectivity index is 1.89. The molecule has 106 valence electrons. The van der Waals surface area contributed by atoms with E-state index >= 15 is 0 Å². The van der Waals surface area contributed by atoms with Crippen molar-refractivity contribution in [2.45, 2.75) is 19.4 Å². The molecule has 2 aromatic rings. The number of nitrogens with one attached hydrogen (secondary N) is 1. The molecule has 0 aliphatic heterocycles. The smallest absolute Gasteiger partial charge is 0.269 e. The van der Waals surface area contributed by atoms with E-state index in [4.69, 9.17) is 0 Å². The Hall–Kier alpha value is -2.28. The van der Waals surface area contributed by atoms with E-state index in [1.165, 1.54) is 6.07 Å². The first-order chi connectivity index (χ1) is 9.56. The van der Waals surface area contributed by atoms with E-state index in [-0.39, 0.29) is 16.7 Å². The van der Waals surface area contributed by atoms with Crippen molar-refractivity contribution in [2.24, 2.45) is 7.05 Å². The number of hydrogen-bond donors (Lipinski definition) is 1. The molecule has 1 aromatic heterocycles. The summed E-state index contributed by atoms with van der Waals surface area (Å²) in [6.07, 6.45) is 2.39. The molecule has 0 aliphatic rings. The third-order valence-electron chi connectivity index (χ3n) is 3.03. The van der Waals surface area contributed by atoms with Gasteiger partial charge >= 0.3 is 0 Å². The highest BCUT2D eigenvalue weighted by Crippen LogP contribution is 2.18. The van der Waals surface area contributed by atoms with Crippen LogP contribution in [0.1, 0.15) is 24.4 Å². The van der Waals surface area contributed by atoms with Crippen LogP contribution < -0.4 is 5.32 Å². The van der Waals surface area contributed by atoms with Gasteiger partial charge in [0.05, 0.1) is 4.92 Å². The predicted molar refractivity (Wildman–Crippen MR) is 74.2 cm³/mol.